The summed E-state index contributed by atoms with van der Waals surface area (Å²) in [6.45, 7) is 0.225. The van der Waals surface area contributed by atoms with Gasteiger partial charge in [-0.1, -0.05) is 11.6 Å². The van der Waals surface area contributed by atoms with Crippen LogP contribution in [-0.2, 0) is 19.1 Å². The molecule has 0 aliphatic carbocycles. The van der Waals surface area contributed by atoms with Crippen LogP contribution >= 0.6 is 11.6 Å². The number of rotatable bonds is 2. The molecule has 70 valence electrons. The quantitative estimate of drug-likeness (QED) is 0.348. The van der Waals surface area contributed by atoms with Crippen LogP contribution in [0.15, 0.2) is 0 Å². The molecule has 1 atom stereocenters. The average molecular weight is 197 g/mol. The van der Waals surface area contributed by atoms with Crippen molar-refractivity contribution in [2.45, 2.75) is 11.6 Å². The summed E-state index contributed by atoms with van der Waals surface area (Å²) in [6.07, 6.45) is 0. The summed E-state index contributed by atoms with van der Waals surface area (Å²) in [5.41, 5.74) is -0.600. The highest BCUT2D eigenvalue weighted by Gasteiger charge is 2.59. The number of alkyl halides is 1. The molecule has 0 saturated carbocycles. The standard InChI is InChI=1S/C5H9ClN2O4/c1-9-5(10-2)3-11-7-4(6)12-8(5)7/h4H,3H2,1-2H3. The Labute approximate surface area is 74.3 Å². The molecule has 1 unspecified atom stereocenters. The highest BCUT2D eigenvalue weighted by Crippen LogP contribution is 2.38. The second-order valence-electron chi connectivity index (χ2n) is 2.37. The lowest BCUT2D eigenvalue weighted by Crippen LogP contribution is -2.64. The van der Waals surface area contributed by atoms with E-state index in [2.05, 4.69) is 0 Å². The van der Waals surface area contributed by atoms with Gasteiger partial charge < -0.3 is 9.47 Å². The normalized spacial score (nSPS) is 34.8. The Bertz CT molecular complexity index is 188. The molecule has 7 heteroatoms. The maximum atomic E-state index is 5.62. The second-order valence-corrected chi connectivity index (χ2v) is 2.74. The SMILES string of the molecule is COC1(OC)CON2C(Cl)ON21. The smallest absolute Gasteiger partial charge is 0.295 e. The Kier molecular flexibility index (Phi) is 2.00. The van der Waals surface area contributed by atoms with Crippen molar-refractivity contribution in [1.29, 1.82) is 0 Å². The third-order valence-corrected chi connectivity index (χ3v) is 2.09. The highest BCUT2D eigenvalue weighted by atomic mass is 35.5. The summed E-state index contributed by atoms with van der Waals surface area (Å²) < 4.78 is 10.2. The van der Waals surface area contributed by atoms with Crippen molar-refractivity contribution >= 4 is 11.6 Å². The lowest BCUT2D eigenvalue weighted by molar-refractivity contribution is -0.562. The zero-order chi connectivity index (χ0) is 8.77. The number of methoxy groups -OCH3 is 2. The average Bonchev–Trinajstić information content (AvgIpc) is 2.39. The van der Waals surface area contributed by atoms with Gasteiger partial charge in [-0.3, -0.25) is 4.84 Å². The lowest BCUT2D eigenvalue weighted by Gasteiger charge is -2.43. The van der Waals surface area contributed by atoms with E-state index >= 15 is 0 Å². The second kappa shape index (κ2) is 2.78. The van der Waals surface area contributed by atoms with Crippen LogP contribution in [0.4, 0.5) is 0 Å². The Hall–Kier alpha value is 0.0500. The van der Waals surface area contributed by atoms with Crippen molar-refractivity contribution in [2.75, 3.05) is 20.8 Å². The van der Waals surface area contributed by atoms with E-state index in [1.807, 2.05) is 0 Å². The first-order valence-corrected chi connectivity index (χ1v) is 3.80. The van der Waals surface area contributed by atoms with Crippen LogP contribution in [0, 0.1) is 0 Å². The van der Waals surface area contributed by atoms with Gasteiger partial charge in [-0.25, -0.2) is 4.84 Å². The molecule has 2 rings (SSSR count). The largest absolute Gasteiger partial charge is 0.336 e. The highest BCUT2D eigenvalue weighted by molar-refractivity contribution is 6.19. The molecule has 0 radical (unpaired) electrons. The predicted octanol–water partition coefficient (Wildman–Crippen LogP) is -0.135. The van der Waals surface area contributed by atoms with Gasteiger partial charge in [-0.2, -0.15) is 0 Å². The first-order chi connectivity index (χ1) is 5.73. The third kappa shape index (κ3) is 0.912. The van der Waals surface area contributed by atoms with E-state index < -0.39 is 11.6 Å². The molecule has 0 amide bonds. The summed E-state index contributed by atoms with van der Waals surface area (Å²) >= 11 is 5.62. The Morgan fingerprint density at radius 1 is 1.50 bits per heavy atom. The van der Waals surface area contributed by atoms with Crippen molar-refractivity contribution in [3.63, 3.8) is 0 Å². The van der Waals surface area contributed by atoms with Crippen molar-refractivity contribution in [1.82, 2.24) is 10.3 Å². The summed E-state index contributed by atoms with van der Waals surface area (Å²) in [7, 11) is 3.00. The number of fused-ring (bicyclic) bond motifs is 1. The van der Waals surface area contributed by atoms with E-state index in [9.17, 15) is 0 Å². The first kappa shape index (κ1) is 8.64. The molecule has 2 saturated heterocycles. The van der Waals surface area contributed by atoms with E-state index in [0.29, 0.717) is 0 Å². The van der Waals surface area contributed by atoms with Crippen LogP contribution in [-0.4, -0.2) is 42.8 Å². The Morgan fingerprint density at radius 3 is 2.58 bits per heavy atom. The van der Waals surface area contributed by atoms with Gasteiger partial charge in [0.1, 0.15) is 6.61 Å². The molecule has 6 nitrogen and oxygen atoms in total. The Balaban J connectivity index is 2.10. The molecule has 2 heterocycles. The van der Waals surface area contributed by atoms with Crippen molar-refractivity contribution < 1.29 is 19.1 Å². The predicted molar refractivity (Wildman–Crippen MR) is 37.1 cm³/mol. The molecule has 0 spiro atoms. The minimum atomic E-state index is -0.995. The maximum Gasteiger partial charge on any atom is 0.295 e. The van der Waals surface area contributed by atoms with E-state index in [4.69, 9.17) is 30.7 Å². The fourth-order valence-corrected chi connectivity index (χ4v) is 1.32. The molecule has 0 aromatic carbocycles. The zero-order valence-corrected chi connectivity index (χ0v) is 7.45. The van der Waals surface area contributed by atoms with Gasteiger partial charge in [-0.05, 0) is 10.3 Å². The molecule has 0 aromatic heterocycles. The van der Waals surface area contributed by atoms with Crippen LogP contribution in [0.25, 0.3) is 0 Å². The number of ether oxygens (including phenoxy) is 2. The number of hydrogen-bond acceptors (Lipinski definition) is 6. The summed E-state index contributed by atoms with van der Waals surface area (Å²) in [4.78, 5) is 10.1. The number of nitrogens with zero attached hydrogens (tertiary/aromatic N) is 2. The van der Waals surface area contributed by atoms with Crippen LogP contribution in [0.1, 0.15) is 0 Å². The third-order valence-electron chi connectivity index (χ3n) is 1.85. The minimum Gasteiger partial charge on any atom is -0.336 e. The van der Waals surface area contributed by atoms with Gasteiger partial charge >= 0.3 is 0 Å². The van der Waals surface area contributed by atoms with E-state index in [-0.39, 0.29) is 6.61 Å². The molecule has 2 aliphatic heterocycles. The maximum absolute atomic E-state index is 5.62. The van der Waals surface area contributed by atoms with Gasteiger partial charge in [0.15, 0.2) is 0 Å². The molecule has 0 bridgehead atoms. The van der Waals surface area contributed by atoms with Crippen LogP contribution < -0.4 is 0 Å². The van der Waals surface area contributed by atoms with E-state index in [1.54, 1.807) is 0 Å². The van der Waals surface area contributed by atoms with Crippen molar-refractivity contribution in [3.05, 3.63) is 0 Å². The molecule has 0 N–H and O–H groups in total. The number of halogens is 1. The van der Waals surface area contributed by atoms with Crippen LogP contribution in [0.5, 0.6) is 0 Å². The van der Waals surface area contributed by atoms with Crippen molar-refractivity contribution in [3.8, 4) is 0 Å². The zero-order valence-electron chi connectivity index (χ0n) is 6.69. The first-order valence-electron chi connectivity index (χ1n) is 3.37. The summed E-state index contributed by atoms with van der Waals surface area (Å²) in [5.74, 6) is -0.995. The van der Waals surface area contributed by atoms with E-state index in [1.165, 1.54) is 24.6 Å². The van der Waals surface area contributed by atoms with Crippen molar-refractivity contribution in [2.24, 2.45) is 0 Å². The van der Waals surface area contributed by atoms with Gasteiger partial charge in [0.05, 0.1) is 0 Å². The molecule has 12 heavy (non-hydrogen) atoms. The lowest BCUT2D eigenvalue weighted by atomic mass is 10.5. The number of hydrogen-bond donors (Lipinski definition) is 0. The fourth-order valence-electron chi connectivity index (χ4n) is 1.11. The molecule has 2 aliphatic rings. The summed E-state index contributed by atoms with van der Waals surface area (Å²) in [5, 5.41) is 2.65. The monoisotopic (exact) mass is 196 g/mol. The van der Waals surface area contributed by atoms with Crippen LogP contribution in [0.2, 0.25) is 0 Å². The topological polar surface area (TPSA) is 43.4 Å². The minimum absolute atomic E-state index is 0.225. The number of hydrazine groups is 1. The molecule has 0 aromatic rings. The fraction of sp³-hybridized carbons (Fsp3) is 1.00. The molecule has 2 fully saturated rings. The molecular formula is C5H9ClN2O4. The summed E-state index contributed by atoms with van der Waals surface area (Å²) in [6, 6.07) is 0. The van der Waals surface area contributed by atoms with Gasteiger partial charge in [0.25, 0.3) is 5.91 Å². The van der Waals surface area contributed by atoms with Gasteiger partial charge in [0, 0.05) is 14.2 Å². The molecular weight excluding hydrogens is 188 g/mol. The Morgan fingerprint density at radius 2 is 2.17 bits per heavy atom. The van der Waals surface area contributed by atoms with Crippen LogP contribution in [0.3, 0.4) is 0 Å². The van der Waals surface area contributed by atoms with Gasteiger partial charge in [-0.15, -0.1) is 0 Å². The number of hydroxylamine groups is 2. The van der Waals surface area contributed by atoms with Gasteiger partial charge in [0.2, 0.25) is 5.69 Å². The van der Waals surface area contributed by atoms with E-state index in [0.717, 1.165) is 0 Å².